The minimum atomic E-state index is -1.11. The highest BCUT2D eigenvalue weighted by molar-refractivity contribution is 5.90. The maximum atomic E-state index is 11.2. The summed E-state index contributed by atoms with van der Waals surface area (Å²) in [7, 11) is 0. The summed E-state index contributed by atoms with van der Waals surface area (Å²) in [6.45, 7) is 3.82. The van der Waals surface area contributed by atoms with Gasteiger partial charge in [-0.2, -0.15) is 0 Å². The Morgan fingerprint density at radius 2 is 2.11 bits per heavy atom. The number of aliphatic carboxylic acids is 1. The topological polar surface area (TPSA) is 77.9 Å². The molecule has 0 unspecified atom stereocenters. The molecule has 5 nitrogen and oxygen atoms in total. The molecule has 1 aromatic carbocycles. The average Bonchev–Trinajstić information content (AvgIpc) is 2.43. The first kappa shape index (κ1) is 13.3. The molecule has 0 aliphatic heterocycles. The van der Waals surface area contributed by atoms with E-state index in [1.807, 2.05) is 38.1 Å². The number of hydrogen-bond donors (Lipinski definition) is 1. The van der Waals surface area contributed by atoms with Crippen LogP contribution >= 0.6 is 0 Å². The molecule has 0 bridgehead atoms. The van der Waals surface area contributed by atoms with Crippen LogP contribution in [0.4, 0.5) is 5.82 Å². The van der Waals surface area contributed by atoms with Gasteiger partial charge in [-0.1, -0.05) is 32.4 Å². The van der Waals surface area contributed by atoms with Gasteiger partial charge in [-0.15, -0.1) is 0 Å². The average molecular weight is 258 g/mol. The Morgan fingerprint density at radius 3 is 2.79 bits per heavy atom. The number of rotatable bonds is 5. The highest BCUT2D eigenvalue weighted by atomic mass is 16.4. The number of para-hydroxylation sites is 1. The fourth-order valence-electron chi connectivity index (χ4n) is 1.94. The van der Waals surface area contributed by atoms with E-state index >= 15 is 0 Å². The molecule has 0 saturated carbocycles. The van der Waals surface area contributed by atoms with Gasteiger partial charge in [0, 0.05) is 5.39 Å². The molecule has 5 heteroatoms. The molecule has 1 aromatic heterocycles. The lowest BCUT2D eigenvalue weighted by Gasteiger charge is -2.26. The predicted octanol–water partition coefficient (Wildman–Crippen LogP) is 1.21. The van der Waals surface area contributed by atoms with E-state index in [9.17, 15) is 9.90 Å². The standard InChI is InChI=1S/C14H17N3O2/c1-3-9(2)12(14(18)19)17-13-10-6-4-5-7-11(10)15-8-16-13/h4-9,12H,3H2,1-2H3,(H,18,19)(H,15,16,17)/p-1/t9-,12-/m0/s1. The van der Waals surface area contributed by atoms with Gasteiger partial charge in [0.1, 0.15) is 12.1 Å². The highest BCUT2D eigenvalue weighted by Gasteiger charge is 2.18. The third-order valence-corrected chi connectivity index (χ3v) is 3.30. The number of carboxylic acids is 1. The summed E-state index contributed by atoms with van der Waals surface area (Å²) in [4.78, 5) is 19.5. The van der Waals surface area contributed by atoms with Crippen LogP contribution in [0.25, 0.3) is 10.9 Å². The van der Waals surface area contributed by atoms with Gasteiger partial charge in [0.25, 0.3) is 0 Å². The first-order valence-corrected chi connectivity index (χ1v) is 6.30. The zero-order valence-electron chi connectivity index (χ0n) is 11.0. The van der Waals surface area contributed by atoms with E-state index in [4.69, 9.17) is 0 Å². The fourth-order valence-corrected chi connectivity index (χ4v) is 1.94. The van der Waals surface area contributed by atoms with Crippen molar-refractivity contribution in [3.05, 3.63) is 30.6 Å². The van der Waals surface area contributed by atoms with Crippen LogP contribution < -0.4 is 10.4 Å². The number of anilines is 1. The van der Waals surface area contributed by atoms with Crippen molar-refractivity contribution in [2.75, 3.05) is 5.32 Å². The molecular weight excluding hydrogens is 242 g/mol. The molecule has 0 saturated heterocycles. The summed E-state index contributed by atoms with van der Waals surface area (Å²) >= 11 is 0. The van der Waals surface area contributed by atoms with Crippen LogP contribution in [0.1, 0.15) is 20.3 Å². The SMILES string of the molecule is CC[C@H](C)[C@H](Nc1ncnc2ccccc12)C(=O)[O-]. The highest BCUT2D eigenvalue weighted by Crippen LogP contribution is 2.21. The van der Waals surface area contributed by atoms with Crippen LogP contribution in [0.15, 0.2) is 30.6 Å². The molecule has 2 atom stereocenters. The van der Waals surface area contributed by atoms with Crippen LogP contribution in [0.5, 0.6) is 0 Å². The Hall–Kier alpha value is -2.17. The van der Waals surface area contributed by atoms with Crippen molar-refractivity contribution in [2.45, 2.75) is 26.3 Å². The quantitative estimate of drug-likeness (QED) is 0.872. The Labute approximate surface area is 111 Å². The van der Waals surface area contributed by atoms with E-state index in [-0.39, 0.29) is 5.92 Å². The van der Waals surface area contributed by atoms with Crippen molar-refractivity contribution < 1.29 is 9.90 Å². The van der Waals surface area contributed by atoms with Gasteiger partial charge < -0.3 is 15.2 Å². The monoisotopic (exact) mass is 258 g/mol. The van der Waals surface area contributed by atoms with E-state index in [0.29, 0.717) is 5.82 Å². The molecule has 0 fully saturated rings. The molecule has 2 aromatic rings. The Morgan fingerprint density at radius 1 is 1.37 bits per heavy atom. The van der Waals surface area contributed by atoms with E-state index < -0.39 is 12.0 Å². The number of aromatic nitrogens is 2. The number of fused-ring (bicyclic) bond motifs is 1. The predicted molar refractivity (Wildman–Crippen MR) is 71.4 cm³/mol. The molecule has 19 heavy (non-hydrogen) atoms. The second-order valence-corrected chi connectivity index (χ2v) is 4.57. The zero-order chi connectivity index (χ0) is 13.8. The van der Waals surface area contributed by atoms with E-state index in [2.05, 4.69) is 15.3 Å². The van der Waals surface area contributed by atoms with E-state index in [0.717, 1.165) is 17.3 Å². The first-order chi connectivity index (χ1) is 9.13. The minimum Gasteiger partial charge on any atom is -0.548 e. The van der Waals surface area contributed by atoms with Crippen molar-refractivity contribution in [1.29, 1.82) is 0 Å². The number of benzene rings is 1. The third kappa shape index (κ3) is 2.81. The number of carbonyl (C=O) groups is 1. The van der Waals surface area contributed by atoms with Gasteiger partial charge in [0.2, 0.25) is 0 Å². The van der Waals surface area contributed by atoms with Crippen molar-refractivity contribution in [3.8, 4) is 0 Å². The molecule has 2 rings (SSSR count). The number of carbonyl (C=O) groups excluding carboxylic acids is 1. The summed E-state index contributed by atoms with van der Waals surface area (Å²) in [5.41, 5.74) is 0.779. The van der Waals surface area contributed by atoms with Gasteiger partial charge >= 0.3 is 0 Å². The normalized spacial score (nSPS) is 14.0. The van der Waals surface area contributed by atoms with Crippen molar-refractivity contribution >= 4 is 22.7 Å². The molecule has 1 N–H and O–H groups in total. The van der Waals surface area contributed by atoms with Crippen molar-refractivity contribution in [3.63, 3.8) is 0 Å². The Bertz CT molecular complexity index is 580. The van der Waals surface area contributed by atoms with E-state index in [1.54, 1.807) is 0 Å². The van der Waals surface area contributed by atoms with Crippen LogP contribution in [0.3, 0.4) is 0 Å². The van der Waals surface area contributed by atoms with Crippen LogP contribution in [-0.4, -0.2) is 22.0 Å². The second kappa shape index (κ2) is 5.65. The largest absolute Gasteiger partial charge is 0.548 e. The number of nitrogens with zero attached hydrogens (tertiary/aromatic N) is 2. The number of carboxylic acid groups (broad SMARTS) is 1. The van der Waals surface area contributed by atoms with Gasteiger partial charge in [-0.25, -0.2) is 9.97 Å². The molecule has 0 aliphatic carbocycles. The first-order valence-electron chi connectivity index (χ1n) is 6.30. The zero-order valence-corrected chi connectivity index (χ0v) is 11.0. The third-order valence-electron chi connectivity index (χ3n) is 3.30. The lowest BCUT2D eigenvalue weighted by Crippen LogP contribution is -2.45. The Kier molecular flexibility index (Phi) is 3.94. The smallest absolute Gasteiger partial charge is 0.137 e. The molecular formula is C14H16N3O2-. The summed E-state index contributed by atoms with van der Waals surface area (Å²) in [6, 6.07) is 6.71. The maximum Gasteiger partial charge on any atom is 0.137 e. The van der Waals surface area contributed by atoms with E-state index in [1.165, 1.54) is 6.33 Å². The minimum absolute atomic E-state index is 0.0428. The molecule has 0 spiro atoms. The van der Waals surface area contributed by atoms with Crippen LogP contribution in [0.2, 0.25) is 0 Å². The molecule has 0 amide bonds. The summed E-state index contributed by atoms with van der Waals surface area (Å²) in [5, 5.41) is 15.0. The van der Waals surface area contributed by atoms with Crippen LogP contribution in [-0.2, 0) is 4.79 Å². The molecule has 0 radical (unpaired) electrons. The van der Waals surface area contributed by atoms with Gasteiger partial charge in [-0.3, -0.25) is 0 Å². The second-order valence-electron chi connectivity index (χ2n) is 4.57. The van der Waals surface area contributed by atoms with Crippen LogP contribution in [0, 0.1) is 5.92 Å². The lowest BCUT2D eigenvalue weighted by atomic mass is 9.99. The fraction of sp³-hybridized carbons (Fsp3) is 0.357. The van der Waals surface area contributed by atoms with Gasteiger partial charge in [0.05, 0.1) is 17.5 Å². The maximum absolute atomic E-state index is 11.2. The number of nitrogens with one attached hydrogen (secondary N) is 1. The Balaban J connectivity index is 2.36. The van der Waals surface area contributed by atoms with Crippen molar-refractivity contribution in [1.82, 2.24) is 9.97 Å². The van der Waals surface area contributed by atoms with Crippen molar-refractivity contribution in [2.24, 2.45) is 5.92 Å². The summed E-state index contributed by atoms with van der Waals surface area (Å²) < 4.78 is 0. The molecule has 100 valence electrons. The summed E-state index contributed by atoms with van der Waals surface area (Å²) in [5.74, 6) is -0.629. The molecule has 0 aliphatic rings. The lowest BCUT2D eigenvalue weighted by molar-refractivity contribution is -0.307. The van der Waals surface area contributed by atoms with Gasteiger partial charge in [-0.05, 0) is 18.1 Å². The summed E-state index contributed by atoms with van der Waals surface area (Å²) in [6.07, 6.45) is 2.17. The number of hydrogen-bond acceptors (Lipinski definition) is 5. The van der Waals surface area contributed by atoms with Gasteiger partial charge in [0.15, 0.2) is 0 Å². The molecule has 1 heterocycles.